The van der Waals surface area contributed by atoms with Crippen molar-refractivity contribution in [3.05, 3.63) is 28.4 Å². The van der Waals surface area contributed by atoms with Crippen molar-refractivity contribution < 1.29 is 13.2 Å². The molecule has 0 aliphatic heterocycles. The number of alkyl halides is 3. The first-order valence-electron chi connectivity index (χ1n) is 6.48. The van der Waals surface area contributed by atoms with E-state index in [0.29, 0.717) is 11.4 Å². The van der Waals surface area contributed by atoms with Gasteiger partial charge < -0.3 is 0 Å². The fourth-order valence-corrected chi connectivity index (χ4v) is 2.54. The molecule has 3 heterocycles. The fraction of sp³-hybridized carbons (Fsp3) is 0.333. The largest absolute Gasteiger partial charge is 0.435 e. The molecular formula is C12H12F3N7S. The van der Waals surface area contributed by atoms with E-state index in [-0.39, 0.29) is 16.3 Å². The molecule has 0 aromatic carbocycles. The van der Waals surface area contributed by atoms with Crippen LogP contribution in [0.2, 0.25) is 0 Å². The van der Waals surface area contributed by atoms with Crippen LogP contribution in [0.25, 0.3) is 17.2 Å². The molecule has 0 aliphatic carbocycles. The average molecular weight is 343 g/mol. The van der Waals surface area contributed by atoms with Gasteiger partial charge in [-0.3, -0.25) is 19.0 Å². The summed E-state index contributed by atoms with van der Waals surface area (Å²) >= 11 is 5.20. The minimum atomic E-state index is -4.53. The van der Waals surface area contributed by atoms with Crippen molar-refractivity contribution in [2.45, 2.75) is 13.1 Å². The van der Waals surface area contributed by atoms with Crippen LogP contribution in [-0.4, -0.2) is 34.3 Å². The Kier molecular flexibility index (Phi) is 3.39. The molecule has 0 saturated carbocycles. The quantitative estimate of drug-likeness (QED) is 0.726. The lowest BCUT2D eigenvalue weighted by Crippen LogP contribution is -2.06. The maximum absolute atomic E-state index is 12.8. The minimum absolute atomic E-state index is 0.188. The van der Waals surface area contributed by atoms with Gasteiger partial charge in [0, 0.05) is 20.3 Å². The number of aryl methyl sites for hydroxylation is 3. The molecule has 0 fully saturated rings. The van der Waals surface area contributed by atoms with Gasteiger partial charge in [0.15, 0.2) is 16.3 Å². The Labute approximate surface area is 133 Å². The first-order valence-corrected chi connectivity index (χ1v) is 6.89. The summed E-state index contributed by atoms with van der Waals surface area (Å²) in [5.41, 5.74) is 0.506. The summed E-state index contributed by atoms with van der Waals surface area (Å²) in [6.07, 6.45) is -2.82. The van der Waals surface area contributed by atoms with Gasteiger partial charge >= 0.3 is 6.18 Å². The molecule has 0 spiro atoms. The van der Waals surface area contributed by atoms with Crippen molar-refractivity contribution in [3.63, 3.8) is 0 Å². The van der Waals surface area contributed by atoms with E-state index in [9.17, 15) is 13.2 Å². The molecule has 0 amide bonds. The standard InChI is InChI=1S/C12H12F3N7S/c1-6-8(5-20(2)18-6)22-10(16-17-11(22)23)7-4-9(12(13,14)15)19-21(7)3/h4-5H,1-3H3,(H,17,23). The van der Waals surface area contributed by atoms with E-state index >= 15 is 0 Å². The molecule has 0 aliphatic rings. The number of halogens is 3. The van der Waals surface area contributed by atoms with Gasteiger partial charge in [0.25, 0.3) is 0 Å². The molecule has 7 nitrogen and oxygen atoms in total. The van der Waals surface area contributed by atoms with Gasteiger partial charge in [0.1, 0.15) is 5.69 Å². The summed E-state index contributed by atoms with van der Waals surface area (Å²) in [4.78, 5) is 0. The van der Waals surface area contributed by atoms with Gasteiger partial charge in [0.2, 0.25) is 0 Å². The summed E-state index contributed by atoms with van der Waals surface area (Å²) in [5, 5.41) is 14.4. The van der Waals surface area contributed by atoms with E-state index in [2.05, 4.69) is 20.4 Å². The second-order valence-electron chi connectivity index (χ2n) is 5.00. The van der Waals surface area contributed by atoms with Crippen molar-refractivity contribution in [2.75, 3.05) is 0 Å². The average Bonchev–Trinajstić information content (AvgIpc) is 3.07. The third-order valence-corrected chi connectivity index (χ3v) is 3.57. The lowest BCUT2D eigenvalue weighted by molar-refractivity contribution is -0.141. The highest BCUT2D eigenvalue weighted by atomic mass is 32.1. The molecule has 0 bridgehead atoms. The van der Waals surface area contributed by atoms with Crippen LogP contribution in [0.5, 0.6) is 0 Å². The molecule has 0 atom stereocenters. The van der Waals surface area contributed by atoms with Crippen LogP contribution in [0.15, 0.2) is 12.3 Å². The van der Waals surface area contributed by atoms with Crippen LogP contribution in [0, 0.1) is 11.7 Å². The zero-order chi connectivity index (χ0) is 16.9. The summed E-state index contributed by atoms with van der Waals surface area (Å²) in [6.45, 7) is 1.78. The molecule has 3 aromatic rings. The monoisotopic (exact) mass is 343 g/mol. The topological polar surface area (TPSA) is 69.2 Å². The molecule has 0 saturated heterocycles. The predicted molar refractivity (Wildman–Crippen MR) is 77.5 cm³/mol. The van der Waals surface area contributed by atoms with Crippen LogP contribution in [-0.2, 0) is 20.3 Å². The van der Waals surface area contributed by atoms with E-state index in [1.165, 1.54) is 11.6 Å². The SMILES string of the molecule is Cc1nn(C)cc1-n1c(-c2cc(C(F)(F)F)nn2C)n[nH]c1=S. The summed E-state index contributed by atoms with van der Waals surface area (Å²) < 4.78 is 43.0. The molecular weight excluding hydrogens is 331 g/mol. The normalized spacial score (nSPS) is 12.1. The fourth-order valence-electron chi connectivity index (χ4n) is 2.31. The molecule has 11 heteroatoms. The second-order valence-corrected chi connectivity index (χ2v) is 5.38. The number of nitrogens with one attached hydrogen (secondary N) is 1. The predicted octanol–water partition coefficient (Wildman–Crippen LogP) is 2.39. The molecule has 1 N–H and O–H groups in total. The maximum atomic E-state index is 12.8. The van der Waals surface area contributed by atoms with Gasteiger partial charge in [0.05, 0.1) is 11.4 Å². The van der Waals surface area contributed by atoms with Crippen molar-refractivity contribution in [2.24, 2.45) is 14.1 Å². The Morgan fingerprint density at radius 3 is 2.43 bits per heavy atom. The van der Waals surface area contributed by atoms with E-state index in [0.717, 1.165) is 10.7 Å². The van der Waals surface area contributed by atoms with Gasteiger partial charge in [-0.05, 0) is 25.2 Å². The van der Waals surface area contributed by atoms with Crippen molar-refractivity contribution in [1.82, 2.24) is 34.3 Å². The van der Waals surface area contributed by atoms with Crippen LogP contribution >= 0.6 is 12.2 Å². The number of nitrogens with zero attached hydrogens (tertiary/aromatic N) is 6. The number of hydrogen-bond acceptors (Lipinski definition) is 4. The van der Waals surface area contributed by atoms with Gasteiger partial charge in [-0.1, -0.05) is 0 Å². The van der Waals surface area contributed by atoms with Crippen LogP contribution < -0.4 is 0 Å². The lowest BCUT2D eigenvalue weighted by Gasteiger charge is -2.05. The Morgan fingerprint density at radius 1 is 1.22 bits per heavy atom. The number of aromatic nitrogens is 7. The summed E-state index contributed by atoms with van der Waals surface area (Å²) in [7, 11) is 3.16. The maximum Gasteiger partial charge on any atom is 0.435 e. The van der Waals surface area contributed by atoms with Crippen molar-refractivity contribution in [1.29, 1.82) is 0 Å². The smallest absolute Gasteiger partial charge is 0.273 e. The minimum Gasteiger partial charge on any atom is -0.273 e. The zero-order valence-corrected chi connectivity index (χ0v) is 13.2. The third-order valence-electron chi connectivity index (χ3n) is 3.30. The molecule has 0 unspecified atom stereocenters. The highest BCUT2D eigenvalue weighted by Gasteiger charge is 2.35. The Bertz CT molecular complexity index is 927. The first kappa shape index (κ1) is 15.5. The van der Waals surface area contributed by atoms with E-state index < -0.39 is 11.9 Å². The number of H-pyrrole nitrogens is 1. The highest BCUT2D eigenvalue weighted by Crippen LogP contribution is 2.31. The van der Waals surface area contributed by atoms with Gasteiger partial charge in [-0.25, -0.2) is 0 Å². The number of aromatic amines is 1. The molecule has 3 aromatic heterocycles. The molecule has 122 valence electrons. The van der Waals surface area contributed by atoms with Gasteiger partial charge in [-0.15, -0.1) is 0 Å². The summed E-state index contributed by atoms with van der Waals surface area (Å²) in [6, 6.07) is 0.938. The van der Waals surface area contributed by atoms with Gasteiger partial charge in [-0.2, -0.15) is 28.5 Å². The first-order chi connectivity index (χ1) is 10.7. The van der Waals surface area contributed by atoms with E-state index in [1.807, 2.05) is 0 Å². The highest BCUT2D eigenvalue weighted by molar-refractivity contribution is 7.71. The van der Waals surface area contributed by atoms with E-state index in [4.69, 9.17) is 12.2 Å². The van der Waals surface area contributed by atoms with Crippen LogP contribution in [0.1, 0.15) is 11.4 Å². The Balaban J connectivity index is 2.22. The van der Waals surface area contributed by atoms with Crippen molar-refractivity contribution in [3.8, 4) is 17.2 Å². The molecule has 23 heavy (non-hydrogen) atoms. The number of hydrogen-bond donors (Lipinski definition) is 1. The van der Waals surface area contributed by atoms with Crippen LogP contribution in [0.4, 0.5) is 13.2 Å². The Morgan fingerprint density at radius 2 is 1.91 bits per heavy atom. The molecule has 3 rings (SSSR count). The zero-order valence-electron chi connectivity index (χ0n) is 12.4. The lowest BCUT2D eigenvalue weighted by atomic mass is 10.3. The summed E-state index contributed by atoms with van der Waals surface area (Å²) in [5.74, 6) is 0.233. The van der Waals surface area contributed by atoms with Crippen molar-refractivity contribution >= 4 is 12.2 Å². The Hall–Kier alpha value is -2.43. The molecule has 0 radical (unpaired) electrons. The second kappa shape index (κ2) is 5.05. The third kappa shape index (κ3) is 2.56. The number of rotatable bonds is 2. The van der Waals surface area contributed by atoms with Crippen LogP contribution in [0.3, 0.4) is 0 Å². The van der Waals surface area contributed by atoms with E-state index in [1.54, 1.807) is 24.9 Å².